The highest BCUT2D eigenvalue weighted by molar-refractivity contribution is 7.10. The van der Waals surface area contributed by atoms with E-state index in [0.717, 1.165) is 4.88 Å². The maximum absolute atomic E-state index is 11.1. The van der Waals surface area contributed by atoms with Gasteiger partial charge in [0.05, 0.1) is 11.0 Å². The number of ether oxygens (including phenoxy) is 2. The van der Waals surface area contributed by atoms with Gasteiger partial charge in [-0.3, -0.25) is 10.1 Å². The number of aryl methyl sites for hydroxylation is 1. The average molecular weight is 292 g/mol. The molecule has 20 heavy (non-hydrogen) atoms. The lowest BCUT2D eigenvalue weighted by molar-refractivity contribution is -0.384. The summed E-state index contributed by atoms with van der Waals surface area (Å²) >= 11 is 1.62. The van der Waals surface area contributed by atoms with Gasteiger partial charge in [-0.1, -0.05) is 0 Å². The molecule has 7 heteroatoms. The zero-order valence-corrected chi connectivity index (χ0v) is 11.5. The number of benzene rings is 1. The van der Waals surface area contributed by atoms with E-state index in [1.54, 1.807) is 17.4 Å². The molecule has 0 aliphatic carbocycles. The molecule has 1 aromatic heterocycles. The van der Waals surface area contributed by atoms with Crippen molar-refractivity contribution in [2.45, 2.75) is 13.5 Å². The molecule has 0 radical (unpaired) electrons. The fourth-order valence-corrected chi connectivity index (χ4v) is 2.83. The number of nitro groups is 1. The fourth-order valence-electron chi connectivity index (χ4n) is 1.98. The van der Waals surface area contributed by atoms with Crippen molar-refractivity contribution >= 4 is 22.7 Å². The van der Waals surface area contributed by atoms with Gasteiger partial charge in [0.2, 0.25) is 6.79 Å². The van der Waals surface area contributed by atoms with E-state index in [1.165, 1.54) is 11.6 Å². The van der Waals surface area contributed by atoms with Gasteiger partial charge < -0.3 is 14.8 Å². The van der Waals surface area contributed by atoms with Crippen LogP contribution in [0.25, 0.3) is 0 Å². The summed E-state index contributed by atoms with van der Waals surface area (Å²) in [5, 5.41) is 16.2. The van der Waals surface area contributed by atoms with E-state index in [1.807, 2.05) is 18.4 Å². The first-order chi connectivity index (χ1) is 9.65. The van der Waals surface area contributed by atoms with Crippen LogP contribution in [0.3, 0.4) is 0 Å². The van der Waals surface area contributed by atoms with Crippen molar-refractivity contribution < 1.29 is 14.4 Å². The van der Waals surface area contributed by atoms with Gasteiger partial charge in [0.1, 0.15) is 5.69 Å². The van der Waals surface area contributed by atoms with Crippen LogP contribution in [-0.4, -0.2) is 11.7 Å². The molecular weight excluding hydrogens is 280 g/mol. The average Bonchev–Trinajstić information content (AvgIpc) is 3.03. The lowest BCUT2D eigenvalue weighted by atomic mass is 10.2. The Labute approximate surface area is 119 Å². The molecule has 6 nitrogen and oxygen atoms in total. The first kappa shape index (κ1) is 12.7. The molecule has 0 fully saturated rings. The van der Waals surface area contributed by atoms with E-state index >= 15 is 0 Å². The molecule has 0 saturated heterocycles. The van der Waals surface area contributed by atoms with Crippen molar-refractivity contribution in [1.82, 2.24) is 0 Å². The molecule has 0 amide bonds. The van der Waals surface area contributed by atoms with Gasteiger partial charge in [-0.05, 0) is 23.9 Å². The van der Waals surface area contributed by atoms with Gasteiger partial charge in [0.25, 0.3) is 5.69 Å². The number of thiophene rings is 1. The third kappa shape index (κ3) is 2.27. The van der Waals surface area contributed by atoms with Crippen molar-refractivity contribution in [3.05, 3.63) is 44.1 Å². The Balaban J connectivity index is 1.88. The Hall–Kier alpha value is -2.28. The van der Waals surface area contributed by atoms with Crippen LogP contribution in [0.1, 0.15) is 10.4 Å². The van der Waals surface area contributed by atoms with E-state index in [0.29, 0.717) is 23.7 Å². The number of fused-ring (bicyclic) bond motifs is 1. The van der Waals surface area contributed by atoms with E-state index in [2.05, 4.69) is 5.32 Å². The first-order valence-corrected chi connectivity index (χ1v) is 6.88. The summed E-state index contributed by atoms with van der Waals surface area (Å²) in [4.78, 5) is 11.8. The van der Waals surface area contributed by atoms with Crippen LogP contribution >= 0.6 is 11.3 Å². The molecule has 2 aromatic rings. The Kier molecular flexibility index (Phi) is 3.19. The highest BCUT2D eigenvalue weighted by Gasteiger charge is 2.23. The summed E-state index contributed by atoms with van der Waals surface area (Å²) in [5.74, 6) is 0.940. The molecule has 0 atom stereocenters. The van der Waals surface area contributed by atoms with Crippen LogP contribution < -0.4 is 14.8 Å². The number of nitrogens with zero attached hydrogens (tertiary/aromatic N) is 1. The second-order valence-electron chi connectivity index (χ2n) is 4.36. The summed E-state index contributed by atoms with van der Waals surface area (Å²) < 4.78 is 10.4. The molecule has 0 saturated carbocycles. The lowest BCUT2D eigenvalue weighted by Gasteiger charge is -2.08. The zero-order chi connectivity index (χ0) is 14.1. The number of nitrogens with one attached hydrogen (secondary N) is 1. The predicted octanol–water partition coefficient (Wildman–Crippen LogP) is 3.31. The summed E-state index contributed by atoms with van der Waals surface area (Å²) in [6, 6.07) is 5.03. The second-order valence-corrected chi connectivity index (χ2v) is 5.36. The number of nitro benzene ring substituents is 1. The Morgan fingerprint density at radius 2 is 2.15 bits per heavy atom. The minimum absolute atomic E-state index is 0.0107. The number of hydrogen-bond acceptors (Lipinski definition) is 6. The zero-order valence-electron chi connectivity index (χ0n) is 10.7. The Morgan fingerprint density at radius 1 is 1.40 bits per heavy atom. The molecule has 104 valence electrons. The molecule has 1 aliphatic heterocycles. The quantitative estimate of drug-likeness (QED) is 0.691. The van der Waals surface area contributed by atoms with Crippen LogP contribution in [0.4, 0.5) is 11.4 Å². The molecular formula is C13H12N2O4S. The second kappa shape index (κ2) is 5.01. The van der Waals surface area contributed by atoms with Gasteiger partial charge in [0.15, 0.2) is 11.5 Å². The highest BCUT2D eigenvalue weighted by Crippen LogP contribution is 2.40. The maximum atomic E-state index is 11.1. The normalized spacial score (nSPS) is 12.4. The summed E-state index contributed by atoms with van der Waals surface area (Å²) in [7, 11) is 0. The maximum Gasteiger partial charge on any atom is 0.296 e. The minimum Gasteiger partial charge on any atom is -0.454 e. The molecule has 0 spiro atoms. The Morgan fingerprint density at radius 3 is 2.80 bits per heavy atom. The van der Waals surface area contributed by atoms with Gasteiger partial charge >= 0.3 is 0 Å². The highest BCUT2D eigenvalue weighted by atomic mass is 32.1. The predicted molar refractivity (Wildman–Crippen MR) is 75.6 cm³/mol. The number of rotatable bonds is 4. The van der Waals surface area contributed by atoms with Crippen molar-refractivity contribution in [1.29, 1.82) is 0 Å². The third-order valence-electron chi connectivity index (χ3n) is 3.10. The molecule has 1 aromatic carbocycles. The summed E-state index contributed by atoms with van der Waals surface area (Å²) in [5.41, 5.74) is 1.60. The van der Waals surface area contributed by atoms with Gasteiger partial charge in [-0.25, -0.2) is 0 Å². The molecule has 0 bridgehead atoms. The number of hydrogen-bond donors (Lipinski definition) is 1. The van der Waals surface area contributed by atoms with Crippen molar-refractivity contribution in [2.24, 2.45) is 0 Å². The van der Waals surface area contributed by atoms with E-state index in [-0.39, 0.29) is 12.5 Å². The fraction of sp³-hybridized carbons (Fsp3) is 0.231. The number of anilines is 1. The molecule has 2 heterocycles. The molecule has 3 rings (SSSR count). The van der Waals surface area contributed by atoms with Crippen LogP contribution in [0, 0.1) is 17.0 Å². The minimum atomic E-state index is -0.425. The SMILES string of the molecule is Cc1ccsc1CNc1cc2c(cc1[N+](=O)[O-])OCO2. The lowest BCUT2D eigenvalue weighted by Crippen LogP contribution is -2.02. The topological polar surface area (TPSA) is 73.6 Å². The van der Waals surface area contributed by atoms with Crippen LogP contribution in [0.5, 0.6) is 11.5 Å². The van der Waals surface area contributed by atoms with Crippen LogP contribution in [0.15, 0.2) is 23.6 Å². The monoisotopic (exact) mass is 292 g/mol. The van der Waals surface area contributed by atoms with Crippen molar-refractivity contribution in [3.8, 4) is 11.5 Å². The third-order valence-corrected chi connectivity index (χ3v) is 4.12. The van der Waals surface area contributed by atoms with Gasteiger partial charge in [0, 0.05) is 17.5 Å². The Bertz CT molecular complexity index is 668. The van der Waals surface area contributed by atoms with Crippen LogP contribution in [0.2, 0.25) is 0 Å². The van der Waals surface area contributed by atoms with Crippen molar-refractivity contribution in [3.63, 3.8) is 0 Å². The molecule has 0 unspecified atom stereocenters. The first-order valence-electron chi connectivity index (χ1n) is 6.00. The summed E-state index contributed by atoms with van der Waals surface area (Å²) in [6.45, 7) is 2.66. The van der Waals surface area contributed by atoms with E-state index < -0.39 is 4.92 Å². The van der Waals surface area contributed by atoms with E-state index in [9.17, 15) is 10.1 Å². The molecule has 1 aliphatic rings. The van der Waals surface area contributed by atoms with Crippen LogP contribution in [-0.2, 0) is 6.54 Å². The smallest absolute Gasteiger partial charge is 0.296 e. The standard InChI is InChI=1S/C13H12N2O4S/c1-8-2-3-20-13(8)6-14-9-4-11-12(19-7-18-11)5-10(9)15(16)17/h2-5,14H,6-7H2,1H3. The van der Waals surface area contributed by atoms with Crippen molar-refractivity contribution in [2.75, 3.05) is 12.1 Å². The van der Waals surface area contributed by atoms with Gasteiger partial charge in [-0.15, -0.1) is 11.3 Å². The summed E-state index contributed by atoms with van der Waals surface area (Å²) in [6.07, 6.45) is 0. The molecule has 1 N–H and O–H groups in total. The van der Waals surface area contributed by atoms with Gasteiger partial charge in [-0.2, -0.15) is 0 Å². The van der Waals surface area contributed by atoms with E-state index in [4.69, 9.17) is 9.47 Å². The largest absolute Gasteiger partial charge is 0.454 e.